The molecular formula is C13H16O4. The summed E-state index contributed by atoms with van der Waals surface area (Å²) in [4.78, 5) is 11.3. The minimum Gasteiger partial charge on any atom is -0.467 e. The van der Waals surface area contributed by atoms with Crippen LogP contribution in [0.1, 0.15) is 5.56 Å². The van der Waals surface area contributed by atoms with Crippen LogP contribution in [0, 0.1) is 0 Å². The highest BCUT2D eigenvalue weighted by Gasteiger charge is 2.25. The number of carbonyl (C=O) groups excluding carboxylic acids is 1. The van der Waals surface area contributed by atoms with E-state index in [2.05, 4.69) is 4.74 Å². The molecule has 0 aliphatic heterocycles. The van der Waals surface area contributed by atoms with Crippen LogP contribution < -0.4 is 0 Å². The van der Waals surface area contributed by atoms with Gasteiger partial charge in [-0.05, 0) is 5.56 Å². The van der Waals surface area contributed by atoms with E-state index in [9.17, 15) is 9.90 Å². The van der Waals surface area contributed by atoms with Gasteiger partial charge >= 0.3 is 5.97 Å². The largest absolute Gasteiger partial charge is 0.467 e. The second-order valence-electron chi connectivity index (χ2n) is 3.44. The summed E-state index contributed by atoms with van der Waals surface area (Å²) in [6, 6.07) is 9.47. The van der Waals surface area contributed by atoms with Gasteiger partial charge in [-0.3, -0.25) is 0 Å². The number of aliphatic hydroxyl groups is 1. The number of carbonyl (C=O) groups is 1. The van der Waals surface area contributed by atoms with E-state index in [1.165, 1.54) is 20.3 Å². The summed E-state index contributed by atoms with van der Waals surface area (Å²) in [5.74, 6) is -0.599. The SMILES string of the molecule is COC(=O)C(OC)C(O)/C=C/c1ccccc1. The van der Waals surface area contributed by atoms with Crippen molar-refractivity contribution >= 4 is 12.0 Å². The first kappa shape index (κ1) is 13.4. The normalized spacial score (nSPS) is 14.5. The molecule has 0 aromatic heterocycles. The summed E-state index contributed by atoms with van der Waals surface area (Å²) >= 11 is 0. The summed E-state index contributed by atoms with van der Waals surface area (Å²) in [6.45, 7) is 0. The van der Waals surface area contributed by atoms with Crippen LogP contribution in [0.2, 0.25) is 0 Å². The molecule has 0 heterocycles. The first-order chi connectivity index (χ1) is 8.19. The first-order valence-corrected chi connectivity index (χ1v) is 5.21. The zero-order chi connectivity index (χ0) is 12.7. The first-order valence-electron chi connectivity index (χ1n) is 5.21. The monoisotopic (exact) mass is 236 g/mol. The van der Waals surface area contributed by atoms with Crippen LogP contribution in [0.5, 0.6) is 0 Å². The van der Waals surface area contributed by atoms with Crippen LogP contribution >= 0.6 is 0 Å². The molecule has 0 radical (unpaired) electrons. The molecule has 2 atom stereocenters. The smallest absolute Gasteiger partial charge is 0.338 e. The summed E-state index contributed by atoms with van der Waals surface area (Å²) in [6.07, 6.45) is 1.19. The zero-order valence-electron chi connectivity index (χ0n) is 9.87. The van der Waals surface area contributed by atoms with Crippen LogP contribution in [0.25, 0.3) is 6.08 Å². The summed E-state index contributed by atoms with van der Waals surface area (Å²) in [5.41, 5.74) is 0.936. The molecular weight excluding hydrogens is 220 g/mol. The third kappa shape index (κ3) is 4.01. The minimum atomic E-state index is -1.03. The van der Waals surface area contributed by atoms with Crippen molar-refractivity contribution in [1.29, 1.82) is 0 Å². The zero-order valence-corrected chi connectivity index (χ0v) is 9.87. The fourth-order valence-electron chi connectivity index (χ4n) is 1.37. The molecule has 0 aliphatic rings. The number of benzene rings is 1. The Hall–Kier alpha value is -1.65. The number of rotatable bonds is 5. The lowest BCUT2D eigenvalue weighted by Crippen LogP contribution is -2.35. The molecule has 17 heavy (non-hydrogen) atoms. The predicted molar refractivity (Wildman–Crippen MR) is 64.3 cm³/mol. The lowest BCUT2D eigenvalue weighted by atomic mass is 10.1. The Morgan fingerprint density at radius 2 is 1.94 bits per heavy atom. The molecule has 1 rings (SSSR count). The number of aliphatic hydroxyl groups excluding tert-OH is 1. The van der Waals surface area contributed by atoms with Gasteiger partial charge in [0.05, 0.1) is 7.11 Å². The quantitative estimate of drug-likeness (QED) is 0.782. The molecule has 4 nitrogen and oxygen atoms in total. The number of esters is 1. The minimum absolute atomic E-state index is 0.599. The molecule has 92 valence electrons. The lowest BCUT2D eigenvalue weighted by molar-refractivity contribution is -0.157. The van der Waals surface area contributed by atoms with Crippen molar-refractivity contribution in [3.8, 4) is 0 Å². The second kappa shape index (κ2) is 6.83. The molecule has 0 bridgehead atoms. The van der Waals surface area contributed by atoms with Crippen molar-refractivity contribution in [3.63, 3.8) is 0 Å². The Balaban J connectivity index is 2.67. The van der Waals surface area contributed by atoms with Crippen LogP contribution in [0.3, 0.4) is 0 Å². The number of methoxy groups -OCH3 is 2. The lowest BCUT2D eigenvalue weighted by Gasteiger charge is -2.16. The maximum Gasteiger partial charge on any atom is 0.338 e. The number of hydrogen-bond donors (Lipinski definition) is 1. The highest BCUT2D eigenvalue weighted by Crippen LogP contribution is 2.07. The van der Waals surface area contributed by atoms with Gasteiger partial charge in [-0.1, -0.05) is 42.5 Å². The van der Waals surface area contributed by atoms with Crippen LogP contribution in [0.4, 0.5) is 0 Å². The maximum atomic E-state index is 11.3. The molecule has 4 heteroatoms. The van der Waals surface area contributed by atoms with E-state index >= 15 is 0 Å². The van der Waals surface area contributed by atoms with Gasteiger partial charge in [-0.25, -0.2) is 4.79 Å². The van der Waals surface area contributed by atoms with Gasteiger partial charge in [-0.15, -0.1) is 0 Å². The third-order valence-electron chi connectivity index (χ3n) is 2.28. The Bertz CT molecular complexity index is 372. The predicted octanol–water partition coefficient (Wildman–Crippen LogP) is 1.25. The standard InChI is InChI=1S/C13H16O4/c1-16-12(13(15)17-2)11(14)9-8-10-6-4-3-5-7-10/h3-9,11-12,14H,1-2H3/b9-8+. The van der Waals surface area contributed by atoms with Gasteiger partial charge in [-0.2, -0.15) is 0 Å². The molecule has 2 unspecified atom stereocenters. The molecule has 0 aliphatic carbocycles. The van der Waals surface area contributed by atoms with Crippen molar-refractivity contribution in [3.05, 3.63) is 42.0 Å². The highest BCUT2D eigenvalue weighted by molar-refractivity contribution is 5.76. The van der Waals surface area contributed by atoms with Gasteiger partial charge in [0.25, 0.3) is 0 Å². The van der Waals surface area contributed by atoms with E-state index in [1.807, 2.05) is 30.3 Å². The van der Waals surface area contributed by atoms with Gasteiger partial charge in [0.15, 0.2) is 6.10 Å². The summed E-state index contributed by atoms with van der Waals surface area (Å²) < 4.78 is 9.40. The fourth-order valence-corrected chi connectivity index (χ4v) is 1.37. The highest BCUT2D eigenvalue weighted by atomic mass is 16.6. The van der Waals surface area contributed by atoms with Gasteiger partial charge in [0.1, 0.15) is 6.10 Å². The van der Waals surface area contributed by atoms with E-state index in [1.54, 1.807) is 6.08 Å². The van der Waals surface area contributed by atoms with Crippen molar-refractivity contribution in [2.75, 3.05) is 14.2 Å². The second-order valence-corrected chi connectivity index (χ2v) is 3.44. The van der Waals surface area contributed by atoms with E-state index in [0.717, 1.165) is 5.56 Å². The maximum absolute atomic E-state index is 11.3. The third-order valence-corrected chi connectivity index (χ3v) is 2.28. The van der Waals surface area contributed by atoms with E-state index in [4.69, 9.17) is 4.74 Å². The number of hydrogen-bond acceptors (Lipinski definition) is 4. The van der Waals surface area contributed by atoms with Crippen molar-refractivity contribution in [1.82, 2.24) is 0 Å². The van der Waals surface area contributed by atoms with Gasteiger partial charge in [0.2, 0.25) is 0 Å². The van der Waals surface area contributed by atoms with E-state index in [0.29, 0.717) is 0 Å². The fraction of sp³-hybridized carbons (Fsp3) is 0.308. The molecule has 1 aromatic carbocycles. The van der Waals surface area contributed by atoms with Gasteiger partial charge < -0.3 is 14.6 Å². The molecule has 0 spiro atoms. The van der Waals surface area contributed by atoms with Crippen molar-refractivity contribution in [2.24, 2.45) is 0 Å². The van der Waals surface area contributed by atoms with Crippen LogP contribution in [0.15, 0.2) is 36.4 Å². The molecule has 0 amide bonds. The van der Waals surface area contributed by atoms with Crippen LogP contribution in [-0.4, -0.2) is 37.5 Å². The Morgan fingerprint density at radius 1 is 1.29 bits per heavy atom. The van der Waals surface area contributed by atoms with Gasteiger partial charge in [0, 0.05) is 7.11 Å². The number of ether oxygens (including phenoxy) is 2. The van der Waals surface area contributed by atoms with Crippen LogP contribution in [-0.2, 0) is 14.3 Å². The molecule has 1 N–H and O–H groups in total. The summed E-state index contributed by atoms with van der Waals surface area (Å²) in [7, 11) is 2.60. The summed E-state index contributed by atoms with van der Waals surface area (Å²) in [5, 5.41) is 9.76. The van der Waals surface area contributed by atoms with E-state index < -0.39 is 18.2 Å². The molecule has 1 aromatic rings. The molecule has 0 saturated carbocycles. The average molecular weight is 236 g/mol. The Kier molecular flexibility index (Phi) is 5.39. The van der Waals surface area contributed by atoms with Crippen molar-refractivity contribution in [2.45, 2.75) is 12.2 Å². The average Bonchev–Trinajstić information content (AvgIpc) is 2.38. The van der Waals surface area contributed by atoms with Crippen molar-refractivity contribution < 1.29 is 19.4 Å². The van der Waals surface area contributed by atoms with E-state index in [-0.39, 0.29) is 0 Å². The Morgan fingerprint density at radius 3 is 2.47 bits per heavy atom. The topological polar surface area (TPSA) is 55.8 Å². The molecule has 0 fully saturated rings. The molecule has 0 saturated heterocycles. The Labute approximate surface area is 100 Å².